The van der Waals surface area contributed by atoms with E-state index in [4.69, 9.17) is 11.6 Å². The Morgan fingerprint density at radius 3 is 2.72 bits per heavy atom. The van der Waals surface area contributed by atoms with Gasteiger partial charge in [-0.1, -0.05) is 20.8 Å². The fraction of sp³-hybridized carbons (Fsp3) is 0.538. The molecule has 2 rings (SSSR count). The summed E-state index contributed by atoms with van der Waals surface area (Å²) in [6, 6.07) is 1.98. The lowest BCUT2D eigenvalue weighted by Crippen LogP contribution is -2.12. The maximum Gasteiger partial charge on any atom is 0.160 e. The van der Waals surface area contributed by atoms with Crippen molar-refractivity contribution < 1.29 is 0 Å². The van der Waals surface area contributed by atoms with Gasteiger partial charge in [-0.3, -0.25) is 0 Å². The van der Waals surface area contributed by atoms with Crippen molar-refractivity contribution in [2.24, 2.45) is 5.41 Å². The van der Waals surface area contributed by atoms with Crippen molar-refractivity contribution in [1.82, 2.24) is 14.5 Å². The Balaban J connectivity index is 2.41. The Morgan fingerprint density at radius 2 is 2.11 bits per heavy atom. The number of halogens is 2. The zero-order valence-corrected chi connectivity index (χ0v) is 13.2. The van der Waals surface area contributed by atoms with Gasteiger partial charge in [-0.15, -0.1) is 11.6 Å². The van der Waals surface area contributed by atoms with Crippen molar-refractivity contribution in [3.8, 4) is 0 Å². The molecule has 0 aliphatic carbocycles. The lowest BCUT2D eigenvalue weighted by Gasteiger charge is -2.19. The smallest absolute Gasteiger partial charge is 0.160 e. The van der Waals surface area contributed by atoms with Gasteiger partial charge >= 0.3 is 0 Å². The van der Waals surface area contributed by atoms with Crippen LogP contribution < -0.4 is 0 Å². The Bertz CT molecular complexity index is 557. The second kappa shape index (κ2) is 5.17. The van der Waals surface area contributed by atoms with Crippen molar-refractivity contribution in [2.75, 3.05) is 0 Å². The largest absolute Gasteiger partial charge is 0.312 e. The fourth-order valence-electron chi connectivity index (χ4n) is 1.82. The van der Waals surface area contributed by atoms with Crippen LogP contribution in [0.4, 0.5) is 0 Å². The first-order chi connectivity index (χ1) is 8.40. The van der Waals surface area contributed by atoms with Gasteiger partial charge in [-0.05, 0) is 33.8 Å². The molecule has 0 aliphatic rings. The first-order valence-electron chi connectivity index (χ1n) is 5.97. The number of fused-ring (bicyclic) bond motifs is 1. The average molecular weight is 331 g/mol. The van der Waals surface area contributed by atoms with Gasteiger partial charge in [0.15, 0.2) is 5.65 Å². The minimum atomic E-state index is 0.287. The molecule has 0 aromatic carbocycles. The van der Waals surface area contributed by atoms with E-state index in [1.54, 1.807) is 6.20 Å². The van der Waals surface area contributed by atoms with Crippen LogP contribution in [0.5, 0.6) is 0 Å². The highest BCUT2D eigenvalue weighted by molar-refractivity contribution is 9.10. The fourth-order valence-corrected chi connectivity index (χ4v) is 2.34. The molecule has 2 aromatic heterocycles. The molecule has 0 spiro atoms. The van der Waals surface area contributed by atoms with Crippen molar-refractivity contribution >= 4 is 38.7 Å². The van der Waals surface area contributed by atoms with E-state index < -0.39 is 0 Å². The molecule has 0 radical (unpaired) electrons. The molecule has 0 saturated carbocycles. The predicted molar refractivity (Wildman–Crippen MR) is 78.9 cm³/mol. The van der Waals surface area contributed by atoms with Crippen LogP contribution in [0.25, 0.3) is 11.2 Å². The molecule has 3 nitrogen and oxygen atoms in total. The summed E-state index contributed by atoms with van der Waals surface area (Å²) in [5.74, 6) is 1.31. The van der Waals surface area contributed by atoms with Gasteiger partial charge in [0.25, 0.3) is 0 Å². The summed E-state index contributed by atoms with van der Waals surface area (Å²) in [6.07, 6.45) is 2.87. The van der Waals surface area contributed by atoms with Gasteiger partial charge in [0.2, 0.25) is 0 Å². The van der Waals surface area contributed by atoms with Gasteiger partial charge in [0.1, 0.15) is 11.3 Å². The molecular weight excluding hydrogens is 314 g/mol. The highest BCUT2D eigenvalue weighted by atomic mass is 79.9. The highest BCUT2D eigenvalue weighted by Crippen LogP contribution is 2.24. The molecule has 2 heterocycles. The molecule has 0 amide bonds. The number of imidazole rings is 1. The van der Waals surface area contributed by atoms with E-state index in [1.165, 1.54) is 0 Å². The molecule has 0 N–H and O–H groups in total. The van der Waals surface area contributed by atoms with Crippen LogP contribution in [0, 0.1) is 5.41 Å². The van der Waals surface area contributed by atoms with Crippen LogP contribution in [0.1, 0.15) is 33.0 Å². The van der Waals surface area contributed by atoms with Gasteiger partial charge in [0, 0.05) is 17.2 Å². The van der Waals surface area contributed by atoms with E-state index in [1.807, 2.05) is 6.07 Å². The van der Waals surface area contributed by atoms with E-state index in [-0.39, 0.29) is 5.41 Å². The monoisotopic (exact) mass is 329 g/mol. The standard InChI is InChI=1S/C13H17BrClN3/c1-13(2,3)4-5-18-11(7-15)17-10-6-9(14)8-16-12(10)18/h6,8H,4-5,7H2,1-3H3. The summed E-state index contributed by atoms with van der Waals surface area (Å²) in [7, 11) is 0. The maximum absolute atomic E-state index is 5.97. The van der Waals surface area contributed by atoms with Crippen LogP contribution in [0.2, 0.25) is 0 Å². The topological polar surface area (TPSA) is 30.7 Å². The predicted octanol–water partition coefficient (Wildman–Crippen LogP) is 4.37. The molecule has 2 aromatic rings. The third kappa shape index (κ3) is 3.04. The van der Waals surface area contributed by atoms with E-state index >= 15 is 0 Å². The molecule has 0 saturated heterocycles. The van der Waals surface area contributed by atoms with Crippen LogP contribution in [-0.4, -0.2) is 14.5 Å². The number of rotatable bonds is 3. The van der Waals surface area contributed by atoms with Gasteiger partial charge in [0.05, 0.1) is 5.88 Å². The number of pyridine rings is 1. The van der Waals surface area contributed by atoms with E-state index in [2.05, 4.69) is 51.2 Å². The van der Waals surface area contributed by atoms with Crippen LogP contribution in [-0.2, 0) is 12.4 Å². The number of aryl methyl sites for hydroxylation is 1. The van der Waals surface area contributed by atoms with Gasteiger partial charge in [-0.2, -0.15) is 0 Å². The Labute approximate surface area is 121 Å². The zero-order chi connectivity index (χ0) is 13.3. The summed E-state index contributed by atoms with van der Waals surface area (Å²) in [5, 5.41) is 0. The molecule has 0 bridgehead atoms. The molecule has 0 fully saturated rings. The number of hydrogen-bond donors (Lipinski definition) is 0. The first-order valence-corrected chi connectivity index (χ1v) is 7.30. The van der Waals surface area contributed by atoms with Crippen molar-refractivity contribution in [3.05, 3.63) is 22.6 Å². The number of nitrogens with zero attached hydrogens (tertiary/aromatic N) is 3. The third-order valence-corrected chi connectivity index (χ3v) is 3.51. The zero-order valence-electron chi connectivity index (χ0n) is 10.9. The lowest BCUT2D eigenvalue weighted by molar-refractivity contribution is 0.350. The van der Waals surface area contributed by atoms with Gasteiger partial charge in [-0.25, -0.2) is 9.97 Å². The molecule has 0 aliphatic heterocycles. The SMILES string of the molecule is CC(C)(C)CCn1c(CCl)nc2cc(Br)cnc21. The molecule has 0 atom stereocenters. The Morgan fingerprint density at radius 1 is 1.39 bits per heavy atom. The maximum atomic E-state index is 5.97. The lowest BCUT2D eigenvalue weighted by atomic mass is 9.92. The van der Waals surface area contributed by atoms with Crippen LogP contribution >= 0.6 is 27.5 Å². The quantitative estimate of drug-likeness (QED) is 0.782. The third-order valence-electron chi connectivity index (χ3n) is 2.84. The molecule has 18 heavy (non-hydrogen) atoms. The highest BCUT2D eigenvalue weighted by Gasteiger charge is 2.15. The minimum absolute atomic E-state index is 0.287. The molecule has 0 unspecified atom stereocenters. The number of alkyl halides is 1. The van der Waals surface area contributed by atoms with E-state index in [0.29, 0.717) is 5.88 Å². The second-order valence-electron chi connectivity index (χ2n) is 5.62. The summed E-state index contributed by atoms with van der Waals surface area (Å²) in [4.78, 5) is 8.98. The Kier molecular flexibility index (Phi) is 3.97. The van der Waals surface area contributed by atoms with Crippen molar-refractivity contribution in [2.45, 2.75) is 39.6 Å². The summed E-state index contributed by atoms with van der Waals surface area (Å²) in [5.41, 5.74) is 2.10. The second-order valence-corrected chi connectivity index (χ2v) is 6.80. The minimum Gasteiger partial charge on any atom is -0.312 e. The Hall–Kier alpha value is -0.610. The summed E-state index contributed by atoms with van der Waals surface area (Å²) >= 11 is 9.38. The normalized spacial score (nSPS) is 12.3. The molecular formula is C13H17BrClN3. The van der Waals surface area contributed by atoms with Crippen LogP contribution in [0.3, 0.4) is 0 Å². The van der Waals surface area contributed by atoms with Crippen LogP contribution in [0.15, 0.2) is 16.7 Å². The van der Waals surface area contributed by atoms with Gasteiger partial charge < -0.3 is 4.57 Å². The van der Waals surface area contributed by atoms with E-state index in [0.717, 1.165) is 34.4 Å². The average Bonchev–Trinajstić information content (AvgIpc) is 2.62. The number of hydrogen-bond acceptors (Lipinski definition) is 2. The number of aromatic nitrogens is 3. The summed E-state index contributed by atoms with van der Waals surface area (Å²) in [6.45, 7) is 7.60. The molecule has 5 heteroatoms. The molecule has 98 valence electrons. The first kappa shape index (κ1) is 13.8. The van der Waals surface area contributed by atoms with Crippen molar-refractivity contribution in [1.29, 1.82) is 0 Å². The summed E-state index contributed by atoms with van der Waals surface area (Å²) < 4.78 is 3.07. The van der Waals surface area contributed by atoms with E-state index in [9.17, 15) is 0 Å². The van der Waals surface area contributed by atoms with Crippen molar-refractivity contribution in [3.63, 3.8) is 0 Å².